The van der Waals surface area contributed by atoms with Crippen LogP contribution in [0.15, 0.2) is 54.7 Å². The summed E-state index contributed by atoms with van der Waals surface area (Å²) < 4.78 is 51.9. The lowest BCUT2D eigenvalue weighted by Crippen LogP contribution is -2.36. The second kappa shape index (κ2) is 10.3. The van der Waals surface area contributed by atoms with Crippen molar-refractivity contribution in [2.75, 3.05) is 19.8 Å². The third-order valence-electron chi connectivity index (χ3n) is 4.70. The number of nitrogens with two attached hydrogens (primary N) is 1. The van der Waals surface area contributed by atoms with E-state index in [0.29, 0.717) is 34.9 Å². The second-order valence-corrected chi connectivity index (χ2v) is 8.56. The van der Waals surface area contributed by atoms with Crippen molar-refractivity contribution in [1.82, 2.24) is 4.98 Å². The van der Waals surface area contributed by atoms with E-state index in [4.69, 9.17) is 15.2 Å². The highest BCUT2D eigenvalue weighted by atomic mass is 32.1. The molecule has 1 heterocycles. The molecular formula is C23H25F3N2O3S. The molecular weight excluding hydrogens is 441 g/mol. The normalized spacial score (nSPS) is 13.6. The molecule has 0 spiro atoms. The number of nitrogens with zero attached hydrogens (tertiary/aromatic N) is 1. The molecule has 0 aliphatic heterocycles. The van der Waals surface area contributed by atoms with Crippen LogP contribution >= 0.6 is 11.3 Å². The van der Waals surface area contributed by atoms with Crippen LogP contribution < -0.4 is 15.2 Å². The van der Waals surface area contributed by atoms with Crippen LogP contribution in [0, 0.1) is 0 Å². The molecule has 0 fully saturated rings. The number of aliphatic hydroxyl groups excluding tert-OH is 1. The van der Waals surface area contributed by atoms with E-state index < -0.39 is 17.3 Å². The van der Waals surface area contributed by atoms with Crippen molar-refractivity contribution in [3.63, 3.8) is 0 Å². The number of para-hydroxylation sites is 1. The Morgan fingerprint density at radius 2 is 1.72 bits per heavy atom. The third-order valence-corrected chi connectivity index (χ3v) is 6.03. The Morgan fingerprint density at radius 1 is 1.03 bits per heavy atom. The van der Waals surface area contributed by atoms with Gasteiger partial charge in [-0.2, -0.15) is 13.2 Å². The molecule has 3 aromatic rings. The van der Waals surface area contributed by atoms with E-state index in [1.54, 1.807) is 13.0 Å². The van der Waals surface area contributed by atoms with Crippen LogP contribution in [-0.2, 0) is 11.7 Å². The maximum absolute atomic E-state index is 13.6. The minimum absolute atomic E-state index is 0.146. The standard InChI is InChI=1S/C23H25F3N2O3S/c1-22(27,15-29)21-28-14-20(32-21)16-9-10-19(18(13-16)23(24,25)26)31-12-6-5-11-30-17-7-3-2-4-8-17/h2-4,7-10,13-14,29H,5-6,11-12,15,27H2,1H3. The molecule has 172 valence electrons. The zero-order valence-corrected chi connectivity index (χ0v) is 18.4. The van der Waals surface area contributed by atoms with Crippen molar-refractivity contribution in [3.8, 4) is 21.9 Å². The van der Waals surface area contributed by atoms with Gasteiger partial charge in [-0.3, -0.25) is 0 Å². The van der Waals surface area contributed by atoms with Crippen LogP contribution in [0.3, 0.4) is 0 Å². The first-order valence-electron chi connectivity index (χ1n) is 10.1. The molecule has 1 atom stereocenters. The second-order valence-electron chi connectivity index (χ2n) is 7.53. The minimum Gasteiger partial charge on any atom is -0.494 e. The van der Waals surface area contributed by atoms with Crippen LogP contribution in [0.4, 0.5) is 13.2 Å². The average Bonchev–Trinajstić information content (AvgIpc) is 3.27. The molecule has 0 amide bonds. The van der Waals surface area contributed by atoms with Crippen molar-refractivity contribution in [2.45, 2.75) is 31.5 Å². The molecule has 0 saturated heterocycles. The summed E-state index contributed by atoms with van der Waals surface area (Å²) in [6.07, 6.45) is -1.90. The topological polar surface area (TPSA) is 77.6 Å². The van der Waals surface area contributed by atoms with Crippen molar-refractivity contribution in [3.05, 3.63) is 65.3 Å². The Kier molecular flexibility index (Phi) is 7.76. The van der Waals surface area contributed by atoms with Gasteiger partial charge in [0.1, 0.15) is 16.5 Å². The summed E-state index contributed by atoms with van der Waals surface area (Å²) in [5, 5.41) is 9.82. The Balaban J connectivity index is 1.63. The largest absolute Gasteiger partial charge is 0.494 e. The fraction of sp³-hybridized carbons (Fsp3) is 0.348. The minimum atomic E-state index is -4.57. The number of unbranched alkanes of at least 4 members (excludes halogenated alkanes) is 1. The van der Waals surface area contributed by atoms with Gasteiger partial charge in [-0.05, 0) is 55.7 Å². The molecule has 0 saturated carbocycles. The quantitative estimate of drug-likeness (QED) is 0.400. The highest BCUT2D eigenvalue weighted by molar-refractivity contribution is 7.15. The smallest absolute Gasteiger partial charge is 0.419 e. The van der Waals surface area contributed by atoms with Gasteiger partial charge in [0.05, 0.1) is 35.8 Å². The predicted molar refractivity (Wildman–Crippen MR) is 118 cm³/mol. The van der Waals surface area contributed by atoms with Crippen LogP contribution in [0.2, 0.25) is 0 Å². The number of rotatable bonds is 10. The molecule has 0 aliphatic carbocycles. The SMILES string of the molecule is CC(N)(CO)c1ncc(-c2ccc(OCCCCOc3ccccc3)c(C(F)(F)F)c2)s1. The number of hydrogen-bond acceptors (Lipinski definition) is 6. The molecule has 1 unspecified atom stereocenters. The van der Waals surface area contributed by atoms with E-state index in [9.17, 15) is 18.3 Å². The van der Waals surface area contributed by atoms with Crippen molar-refractivity contribution in [1.29, 1.82) is 0 Å². The van der Waals surface area contributed by atoms with Crippen LogP contribution in [0.1, 0.15) is 30.3 Å². The fourth-order valence-electron chi connectivity index (χ4n) is 2.86. The van der Waals surface area contributed by atoms with Gasteiger partial charge in [0, 0.05) is 6.20 Å². The lowest BCUT2D eigenvalue weighted by Gasteiger charge is -2.18. The number of hydrogen-bond donors (Lipinski definition) is 2. The monoisotopic (exact) mass is 466 g/mol. The lowest BCUT2D eigenvalue weighted by atomic mass is 10.1. The highest BCUT2D eigenvalue weighted by Gasteiger charge is 2.35. The van der Waals surface area contributed by atoms with E-state index in [1.807, 2.05) is 30.3 Å². The van der Waals surface area contributed by atoms with E-state index in [0.717, 1.165) is 23.2 Å². The molecule has 5 nitrogen and oxygen atoms in total. The Bertz CT molecular complexity index is 1010. The van der Waals surface area contributed by atoms with Crippen molar-refractivity contribution in [2.24, 2.45) is 5.73 Å². The number of thiazole rings is 1. The van der Waals surface area contributed by atoms with Gasteiger partial charge in [-0.1, -0.05) is 18.2 Å². The number of aromatic nitrogens is 1. The Morgan fingerprint density at radius 3 is 2.38 bits per heavy atom. The van der Waals surface area contributed by atoms with Gasteiger partial charge in [0.2, 0.25) is 0 Å². The van der Waals surface area contributed by atoms with Gasteiger partial charge < -0.3 is 20.3 Å². The van der Waals surface area contributed by atoms with Gasteiger partial charge in [0.25, 0.3) is 0 Å². The molecule has 0 bridgehead atoms. The van der Waals surface area contributed by atoms with Crippen molar-refractivity contribution < 1.29 is 27.8 Å². The van der Waals surface area contributed by atoms with Gasteiger partial charge in [-0.25, -0.2) is 4.98 Å². The fourth-order valence-corrected chi connectivity index (χ4v) is 3.82. The van der Waals surface area contributed by atoms with Gasteiger partial charge in [0.15, 0.2) is 0 Å². The number of alkyl halides is 3. The Hall–Kier alpha value is -2.62. The summed E-state index contributed by atoms with van der Waals surface area (Å²) in [7, 11) is 0. The lowest BCUT2D eigenvalue weighted by molar-refractivity contribution is -0.138. The Labute approximate surface area is 188 Å². The first-order chi connectivity index (χ1) is 15.2. The van der Waals surface area contributed by atoms with Crippen molar-refractivity contribution >= 4 is 11.3 Å². The van der Waals surface area contributed by atoms with Gasteiger partial charge in [-0.15, -0.1) is 11.3 Å². The number of halogens is 3. The predicted octanol–water partition coefficient (Wildman–Crippen LogP) is 5.23. The number of aliphatic hydroxyl groups is 1. The number of benzene rings is 2. The summed E-state index contributed by atoms with van der Waals surface area (Å²) in [4.78, 5) is 4.69. The highest BCUT2D eigenvalue weighted by Crippen LogP contribution is 2.40. The number of ether oxygens (including phenoxy) is 2. The average molecular weight is 467 g/mol. The van der Waals surface area contributed by atoms with E-state index in [2.05, 4.69) is 4.98 Å². The summed E-state index contributed by atoms with van der Waals surface area (Å²) in [6, 6.07) is 13.3. The molecule has 0 radical (unpaired) electrons. The maximum Gasteiger partial charge on any atom is 0.419 e. The zero-order valence-electron chi connectivity index (χ0n) is 17.6. The maximum atomic E-state index is 13.6. The van der Waals surface area contributed by atoms with E-state index in [1.165, 1.54) is 12.3 Å². The molecule has 1 aromatic heterocycles. The van der Waals surface area contributed by atoms with E-state index in [-0.39, 0.29) is 19.0 Å². The molecule has 2 aromatic carbocycles. The third kappa shape index (κ3) is 6.21. The summed E-state index contributed by atoms with van der Waals surface area (Å²) in [5.41, 5.74) is 4.43. The molecule has 32 heavy (non-hydrogen) atoms. The van der Waals surface area contributed by atoms with Crippen LogP contribution in [0.5, 0.6) is 11.5 Å². The molecule has 9 heteroatoms. The summed E-state index contributed by atoms with van der Waals surface area (Å²) in [6.45, 7) is 1.89. The molecule has 3 rings (SSSR count). The van der Waals surface area contributed by atoms with Crippen LogP contribution in [0.25, 0.3) is 10.4 Å². The van der Waals surface area contributed by atoms with Gasteiger partial charge >= 0.3 is 6.18 Å². The summed E-state index contributed by atoms with van der Waals surface area (Å²) >= 11 is 1.15. The zero-order chi connectivity index (χ0) is 23.2. The van der Waals surface area contributed by atoms with E-state index >= 15 is 0 Å². The first-order valence-corrected chi connectivity index (χ1v) is 10.9. The molecule has 0 aliphatic rings. The first kappa shape index (κ1) is 24.0. The summed E-state index contributed by atoms with van der Waals surface area (Å²) in [5.74, 6) is 0.539. The van der Waals surface area contributed by atoms with Crippen LogP contribution in [-0.4, -0.2) is 29.9 Å². The molecule has 3 N–H and O–H groups in total.